The van der Waals surface area contributed by atoms with Crippen molar-refractivity contribution in [1.82, 2.24) is 15.1 Å². The molecular weight excluding hydrogens is 262 g/mol. The number of nitrogens with one attached hydrogen (secondary N) is 1. The van der Waals surface area contributed by atoms with E-state index in [1.54, 1.807) is 4.90 Å². The second-order valence-electron chi connectivity index (χ2n) is 5.15. The number of aliphatic hydroxyl groups is 1. The van der Waals surface area contributed by atoms with Crippen LogP contribution in [0, 0.1) is 0 Å². The fourth-order valence-corrected chi connectivity index (χ4v) is 2.18. The molecule has 2 unspecified atom stereocenters. The molecule has 0 aromatic rings. The number of rotatable bonds is 6. The van der Waals surface area contributed by atoms with E-state index < -0.39 is 12.1 Å². The lowest BCUT2D eigenvalue weighted by molar-refractivity contribution is -0.146. The molecule has 0 aromatic heterocycles. The summed E-state index contributed by atoms with van der Waals surface area (Å²) < 4.78 is 0. The molecule has 1 fully saturated rings. The average molecular weight is 287 g/mol. The zero-order valence-corrected chi connectivity index (χ0v) is 12.2. The van der Waals surface area contributed by atoms with Gasteiger partial charge in [0.2, 0.25) is 0 Å². The van der Waals surface area contributed by atoms with E-state index in [9.17, 15) is 9.59 Å². The minimum atomic E-state index is -1.42. The molecule has 2 amide bonds. The van der Waals surface area contributed by atoms with Gasteiger partial charge in [-0.25, -0.2) is 9.59 Å². The Labute approximate surface area is 119 Å². The molecule has 7 nitrogen and oxygen atoms in total. The Bertz CT molecular complexity index is 330. The van der Waals surface area contributed by atoms with Crippen molar-refractivity contribution in [3.63, 3.8) is 0 Å². The number of nitrogens with zero attached hydrogens (tertiary/aromatic N) is 2. The molecule has 20 heavy (non-hydrogen) atoms. The molecule has 1 aliphatic rings. The monoisotopic (exact) mass is 287 g/mol. The van der Waals surface area contributed by atoms with Crippen molar-refractivity contribution in [1.29, 1.82) is 0 Å². The number of aliphatic hydroxyl groups excluding tert-OH is 1. The molecule has 0 saturated carbocycles. The van der Waals surface area contributed by atoms with Crippen LogP contribution in [0.3, 0.4) is 0 Å². The molecule has 3 N–H and O–H groups in total. The average Bonchev–Trinajstić information content (AvgIpc) is 2.46. The maximum atomic E-state index is 11.9. The van der Waals surface area contributed by atoms with Crippen LogP contribution in [-0.2, 0) is 4.79 Å². The van der Waals surface area contributed by atoms with Gasteiger partial charge in [0.15, 0.2) is 6.10 Å². The van der Waals surface area contributed by atoms with E-state index in [0.717, 1.165) is 19.5 Å². The third kappa shape index (κ3) is 4.97. The summed E-state index contributed by atoms with van der Waals surface area (Å²) in [6.07, 6.45) is -0.301. The van der Waals surface area contributed by atoms with Gasteiger partial charge in [-0.1, -0.05) is 6.92 Å². The van der Waals surface area contributed by atoms with Crippen LogP contribution in [0.25, 0.3) is 0 Å². The lowest BCUT2D eigenvalue weighted by Crippen LogP contribution is -2.53. The van der Waals surface area contributed by atoms with Crippen LogP contribution in [-0.4, -0.2) is 76.9 Å². The van der Waals surface area contributed by atoms with Gasteiger partial charge >= 0.3 is 12.0 Å². The largest absolute Gasteiger partial charge is 0.479 e. The Morgan fingerprint density at radius 3 is 2.35 bits per heavy atom. The Hall–Kier alpha value is -1.34. The van der Waals surface area contributed by atoms with E-state index in [4.69, 9.17) is 10.2 Å². The van der Waals surface area contributed by atoms with Crippen molar-refractivity contribution >= 4 is 12.0 Å². The first kappa shape index (κ1) is 16.7. The molecular formula is C13H25N3O4. The first-order chi connectivity index (χ1) is 9.45. The lowest BCUT2D eigenvalue weighted by Gasteiger charge is -2.37. The Kier molecular flexibility index (Phi) is 6.74. The van der Waals surface area contributed by atoms with Crippen molar-refractivity contribution in [3.05, 3.63) is 0 Å². The van der Waals surface area contributed by atoms with Gasteiger partial charge in [0.05, 0.1) is 0 Å². The summed E-state index contributed by atoms with van der Waals surface area (Å²) in [4.78, 5) is 26.4. The smallest absolute Gasteiger partial charge is 0.332 e. The van der Waals surface area contributed by atoms with Crippen molar-refractivity contribution < 1.29 is 19.8 Å². The highest BCUT2D eigenvalue weighted by molar-refractivity contribution is 5.74. The maximum Gasteiger partial charge on any atom is 0.332 e. The number of hydrogen-bond donors (Lipinski definition) is 3. The van der Waals surface area contributed by atoms with Crippen LogP contribution in [0.4, 0.5) is 4.79 Å². The van der Waals surface area contributed by atoms with Gasteiger partial charge in [-0.3, -0.25) is 4.90 Å². The third-order valence-corrected chi connectivity index (χ3v) is 3.79. The standard InChI is InChI=1S/C13H25N3O4/c1-3-10(2)15-6-8-16(9-7-15)13(20)14-5-4-11(17)12(18)19/h10-11,17H,3-9H2,1-2H3,(H,14,20)(H,18,19). The van der Waals surface area contributed by atoms with Crippen LogP contribution < -0.4 is 5.32 Å². The number of carbonyl (C=O) groups excluding carboxylic acids is 1. The molecule has 0 aliphatic carbocycles. The minimum Gasteiger partial charge on any atom is -0.479 e. The SMILES string of the molecule is CCC(C)N1CCN(C(=O)NCCC(O)C(=O)O)CC1. The third-order valence-electron chi connectivity index (χ3n) is 3.79. The van der Waals surface area contributed by atoms with E-state index >= 15 is 0 Å². The molecule has 1 rings (SSSR count). The van der Waals surface area contributed by atoms with Crippen LogP contribution in [0.2, 0.25) is 0 Å². The van der Waals surface area contributed by atoms with Crippen LogP contribution in [0.15, 0.2) is 0 Å². The lowest BCUT2D eigenvalue weighted by atomic mass is 10.2. The van der Waals surface area contributed by atoms with E-state index in [2.05, 4.69) is 24.1 Å². The highest BCUT2D eigenvalue weighted by atomic mass is 16.4. The van der Waals surface area contributed by atoms with Crippen molar-refractivity contribution in [2.75, 3.05) is 32.7 Å². The molecule has 2 atom stereocenters. The Morgan fingerprint density at radius 1 is 1.25 bits per heavy atom. The summed E-state index contributed by atoms with van der Waals surface area (Å²) in [6.45, 7) is 7.58. The van der Waals surface area contributed by atoms with Gasteiger partial charge in [-0.2, -0.15) is 0 Å². The molecule has 7 heteroatoms. The molecule has 1 saturated heterocycles. The molecule has 0 spiro atoms. The minimum absolute atomic E-state index is 0.0217. The summed E-state index contributed by atoms with van der Waals surface area (Å²) in [6, 6.07) is 0.345. The highest BCUT2D eigenvalue weighted by Crippen LogP contribution is 2.08. The summed E-state index contributed by atoms with van der Waals surface area (Å²) in [5, 5.41) is 20.3. The van der Waals surface area contributed by atoms with Gasteiger partial charge < -0.3 is 20.4 Å². The first-order valence-electron chi connectivity index (χ1n) is 7.13. The number of urea groups is 1. The van der Waals surface area contributed by atoms with Crippen LogP contribution in [0.1, 0.15) is 26.7 Å². The fourth-order valence-electron chi connectivity index (χ4n) is 2.18. The molecule has 1 heterocycles. The number of piperazine rings is 1. The number of hydrogen-bond acceptors (Lipinski definition) is 4. The molecule has 0 radical (unpaired) electrons. The van der Waals surface area contributed by atoms with Crippen molar-refractivity contribution in [3.8, 4) is 0 Å². The summed E-state index contributed by atoms with van der Waals surface area (Å²) in [7, 11) is 0. The highest BCUT2D eigenvalue weighted by Gasteiger charge is 2.23. The molecule has 1 aliphatic heterocycles. The van der Waals surface area contributed by atoms with Gasteiger partial charge in [0.1, 0.15) is 0 Å². The topological polar surface area (TPSA) is 93.1 Å². The van der Waals surface area contributed by atoms with Gasteiger partial charge in [0, 0.05) is 45.2 Å². The molecule has 116 valence electrons. The normalized spacial score (nSPS) is 19.4. The van der Waals surface area contributed by atoms with Crippen molar-refractivity contribution in [2.24, 2.45) is 0 Å². The van der Waals surface area contributed by atoms with Crippen LogP contribution >= 0.6 is 0 Å². The van der Waals surface area contributed by atoms with Gasteiger partial charge in [0.25, 0.3) is 0 Å². The quantitative estimate of drug-likeness (QED) is 0.637. The van der Waals surface area contributed by atoms with E-state index in [0.29, 0.717) is 19.1 Å². The van der Waals surface area contributed by atoms with Gasteiger partial charge in [-0.05, 0) is 13.3 Å². The van der Waals surface area contributed by atoms with E-state index in [1.807, 2.05) is 0 Å². The fraction of sp³-hybridized carbons (Fsp3) is 0.846. The number of carbonyl (C=O) groups is 2. The number of amides is 2. The molecule has 0 bridgehead atoms. The Morgan fingerprint density at radius 2 is 1.85 bits per heavy atom. The summed E-state index contributed by atoms with van der Waals surface area (Å²) in [5.41, 5.74) is 0. The Balaban J connectivity index is 2.24. The second kappa shape index (κ2) is 8.06. The first-order valence-corrected chi connectivity index (χ1v) is 7.13. The number of aliphatic carboxylic acids is 1. The second-order valence-corrected chi connectivity index (χ2v) is 5.15. The zero-order valence-electron chi connectivity index (χ0n) is 12.2. The van der Waals surface area contributed by atoms with Crippen molar-refractivity contribution in [2.45, 2.75) is 38.8 Å². The number of carboxylic acid groups (broad SMARTS) is 1. The number of carboxylic acids is 1. The summed E-state index contributed by atoms with van der Waals surface area (Å²) >= 11 is 0. The van der Waals surface area contributed by atoms with E-state index in [-0.39, 0.29) is 19.0 Å². The predicted molar refractivity (Wildman–Crippen MR) is 74.6 cm³/mol. The molecule has 0 aromatic carbocycles. The predicted octanol–water partition coefficient (Wildman–Crippen LogP) is -0.0523. The van der Waals surface area contributed by atoms with Gasteiger partial charge in [-0.15, -0.1) is 0 Å². The summed E-state index contributed by atoms with van der Waals surface area (Å²) in [5.74, 6) is -1.26. The van der Waals surface area contributed by atoms with E-state index in [1.165, 1.54) is 0 Å². The maximum absolute atomic E-state index is 11.9. The van der Waals surface area contributed by atoms with Crippen LogP contribution in [0.5, 0.6) is 0 Å². The zero-order chi connectivity index (χ0) is 15.1.